The number of benzene rings is 1. The Labute approximate surface area is 145 Å². The highest BCUT2D eigenvalue weighted by atomic mass is 79.9. The third-order valence-corrected chi connectivity index (χ3v) is 4.17. The zero-order valence-electron chi connectivity index (χ0n) is 14.3. The molecule has 0 aliphatic carbocycles. The van der Waals surface area contributed by atoms with Crippen LogP contribution >= 0.6 is 15.9 Å². The first kappa shape index (κ1) is 17.7. The SMILES string of the molecule is Cc1ccc(NC(=O)CCc2oc(C(C)(C)C)nc2C)c(Br)c1. The van der Waals surface area contributed by atoms with Gasteiger partial charge in [0.15, 0.2) is 5.89 Å². The van der Waals surface area contributed by atoms with Gasteiger partial charge in [0.25, 0.3) is 0 Å². The summed E-state index contributed by atoms with van der Waals surface area (Å²) in [7, 11) is 0. The van der Waals surface area contributed by atoms with Gasteiger partial charge in [-0.1, -0.05) is 26.8 Å². The molecule has 0 fully saturated rings. The van der Waals surface area contributed by atoms with Crippen LogP contribution in [0, 0.1) is 13.8 Å². The molecule has 1 aromatic heterocycles. The van der Waals surface area contributed by atoms with Crippen LogP contribution in [0.5, 0.6) is 0 Å². The molecule has 4 nitrogen and oxygen atoms in total. The van der Waals surface area contributed by atoms with Gasteiger partial charge in [0.2, 0.25) is 5.91 Å². The Morgan fingerprint density at radius 3 is 2.57 bits per heavy atom. The molecule has 2 rings (SSSR count). The van der Waals surface area contributed by atoms with Crippen LogP contribution in [-0.2, 0) is 16.6 Å². The molecule has 0 atom stereocenters. The van der Waals surface area contributed by atoms with Gasteiger partial charge in [0.05, 0.1) is 11.4 Å². The minimum absolute atomic E-state index is 0.0392. The van der Waals surface area contributed by atoms with Gasteiger partial charge < -0.3 is 9.73 Å². The van der Waals surface area contributed by atoms with Crippen molar-refractivity contribution in [3.8, 4) is 0 Å². The van der Waals surface area contributed by atoms with Gasteiger partial charge >= 0.3 is 0 Å². The van der Waals surface area contributed by atoms with E-state index in [1.807, 2.05) is 32.0 Å². The number of rotatable bonds is 4. The van der Waals surface area contributed by atoms with Gasteiger partial charge in [0, 0.05) is 22.7 Å². The van der Waals surface area contributed by atoms with Crippen LogP contribution in [0.3, 0.4) is 0 Å². The summed E-state index contributed by atoms with van der Waals surface area (Å²) >= 11 is 3.47. The van der Waals surface area contributed by atoms with Crippen molar-refractivity contribution in [3.63, 3.8) is 0 Å². The molecule has 0 bridgehead atoms. The fourth-order valence-electron chi connectivity index (χ4n) is 2.14. The molecule has 0 radical (unpaired) electrons. The van der Waals surface area contributed by atoms with Crippen LogP contribution in [0.15, 0.2) is 27.1 Å². The molecule has 1 amide bonds. The normalized spacial score (nSPS) is 11.6. The van der Waals surface area contributed by atoms with E-state index in [2.05, 4.69) is 47.0 Å². The van der Waals surface area contributed by atoms with Crippen molar-refractivity contribution in [3.05, 3.63) is 45.6 Å². The molecule has 0 aliphatic rings. The molecule has 1 aromatic carbocycles. The van der Waals surface area contributed by atoms with Crippen molar-refractivity contribution < 1.29 is 9.21 Å². The van der Waals surface area contributed by atoms with E-state index in [1.54, 1.807) is 0 Å². The zero-order valence-corrected chi connectivity index (χ0v) is 15.9. The first-order chi connectivity index (χ1) is 10.7. The summed E-state index contributed by atoms with van der Waals surface area (Å²) in [6.07, 6.45) is 0.907. The minimum atomic E-state index is -0.127. The topological polar surface area (TPSA) is 55.1 Å². The van der Waals surface area contributed by atoms with E-state index in [-0.39, 0.29) is 11.3 Å². The maximum Gasteiger partial charge on any atom is 0.224 e. The second kappa shape index (κ2) is 6.87. The summed E-state index contributed by atoms with van der Waals surface area (Å²) in [4.78, 5) is 16.6. The first-order valence-corrected chi connectivity index (χ1v) is 8.49. The summed E-state index contributed by atoms with van der Waals surface area (Å²) < 4.78 is 6.70. The number of anilines is 1. The molecule has 124 valence electrons. The highest BCUT2D eigenvalue weighted by molar-refractivity contribution is 9.10. The summed E-state index contributed by atoms with van der Waals surface area (Å²) in [5, 5.41) is 2.92. The van der Waals surface area contributed by atoms with Gasteiger partial charge in [-0.3, -0.25) is 4.79 Å². The lowest BCUT2D eigenvalue weighted by molar-refractivity contribution is -0.116. The summed E-state index contributed by atoms with van der Waals surface area (Å²) in [6.45, 7) is 10.1. The van der Waals surface area contributed by atoms with E-state index in [9.17, 15) is 4.79 Å². The van der Waals surface area contributed by atoms with Crippen molar-refractivity contribution in [2.75, 3.05) is 5.32 Å². The number of carbonyl (C=O) groups is 1. The van der Waals surface area contributed by atoms with Crippen LogP contribution < -0.4 is 5.32 Å². The molecule has 5 heteroatoms. The van der Waals surface area contributed by atoms with E-state index < -0.39 is 0 Å². The number of nitrogens with one attached hydrogen (secondary N) is 1. The summed E-state index contributed by atoms with van der Waals surface area (Å²) in [6, 6.07) is 5.84. The first-order valence-electron chi connectivity index (χ1n) is 7.69. The van der Waals surface area contributed by atoms with E-state index in [0.29, 0.717) is 18.7 Å². The number of oxazole rings is 1. The number of halogens is 1. The molecular weight excluding hydrogens is 356 g/mol. The maximum absolute atomic E-state index is 12.1. The molecule has 1 heterocycles. The van der Waals surface area contributed by atoms with Crippen molar-refractivity contribution in [1.29, 1.82) is 0 Å². The lowest BCUT2D eigenvalue weighted by Crippen LogP contribution is -2.13. The fourth-order valence-corrected chi connectivity index (χ4v) is 2.73. The van der Waals surface area contributed by atoms with E-state index in [4.69, 9.17) is 4.42 Å². The molecule has 0 aliphatic heterocycles. The van der Waals surface area contributed by atoms with Crippen LogP contribution in [0.25, 0.3) is 0 Å². The Balaban J connectivity index is 1.98. The Morgan fingerprint density at radius 2 is 2.00 bits per heavy atom. The number of hydrogen-bond donors (Lipinski definition) is 1. The van der Waals surface area contributed by atoms with Crippen molar-refractivity contribution in [2.24, 2.45) is 0 Å². The van der Waals surface area contributed by atoms with Gasteiger partial charge in [-0.05, 0) is 47.5 Å². The molecule has 0 spiro atoms. The molecule has 23 heavy (non-hydrogen) atoms. The Bertz CT molecular complexity index is 714. The minimum Gasteiger partial charge on any atom is -0.445 e. The predicted molar refractivity (Wildman–Crippen MR) is 95.8 cm³/mol. The number of aryl methyl sites for hydroxylation is 3. The Hall–Kier alpha value is -1.62. The second-order valence-corrected chi connectivity index (χ2v) is 7.66. The maximum atomic E-state index is 12.1. The second-order valence-electron chi connectivity index (χ2n) is 6.81. The Morgan fingerprint density at radius 1 is 1.30 bits per heavy atom. The van der Waals surface area contributed by atoms with Crippen molar-refractivity contribution >= 4 is 27.5 Å². The number of hydrogen-bond acceptors (Lipinski definition) is 3. The Kier molecular flexibility index (Phi) is 5.30. The van der Waals surface area contributed by atoms with Gasteiger partial charge in [-0.15, -0.1) is 0 Å². The average molecular weight is 379 g/mol. The van der Waals surface area contributed by atoms with E-state index in [0.717, 1.165) is 27.2 Å². The largest absolute Gasteiger partial charge is 0.445 e. The van der Waals surface area contributed by atoms with Crippen LogP contribution in [0.1, 0.15) is 50.1 Å². The summed E-state index contributed by atoms with van der Waals surface area (Å²) in [5.41, 5.74) is 2.66. The molecule has 0 saturated carbocycles. The zero-order chi connectivity index (χ0) is 17.2. The monoisotopic (exact) mass is 378 g/mol. The predicted octanol–water partition coefficient (Wildman–Crippen LogP) is 4.92. The smallest absolute Gasteiger partial charge is 0.224 e. The average Bonchev–Trinajstić information content (AvgIpc) is 2.81. The van der Waals surface area contributed by atoms with Crippen LogP contribution in [0.4, 0.5) is 5.69 Å². The molecule has 0 unspecified atom stereocenters. The van der Waals surface area contributed by atoms with Gasteiger partial charge in [0.1, 0.15) is 5.76 Å². The molecule has 2 aromatic rings. The van der Waals surface area contributed by atoms with Gasteiger partial charge in [-0.25, -0.2) is 4.98 Å². The lowest BCUT2D eigenvalue weighted by Gasteiger charge is -2.12. The third-order valence-electron chi connectivity index (χ3n) is 3.51. The van der Waals surface area contributed by atoms with Gasteiger partial charge in [-0.2, -0.15) is 0 Å². The number of carbonyl (C=O) groups excluding carboxylic acids is 1. The quantitative estimate of drug-likeness (QED) is 0.820. The van der Waals surface area contributed by atoms with Crippen LogP contribution in [0.2, 0.25) is 0 Å². The number of nitrogens with zero attached hydrogens (tertiary/aromatic N) is 1. The van der Waals surface area contributed by atoms with E-state index in [1.165, 1.54) is 0 Å². The van der Waals surface area contributed by atoms with E-state index >= 15 is 0 Å². The third kappa shape index (κ3) is 4.67. The highest BCUT2D eigenvalue weighted by Gasteiger charge is 2.22. The standard InChI is InChI=1S/C18H23BrN2O2/c1-11-6-7-14(13(19)10-11)21-16(22)9-8-15-12(2)20-17(23-15)18(3,4)5/h6-7,10H,8-9H2,1-5H3,(H,21,22). The fraction of sp³-hybridized carbons (Fsp3) is 0.444. The highest BCUT2D eigenvalue weighted by Crippen LogP contribution is 2.25. The summed E-state index contributed by atoms with van der Waals surface area (Å²) in [5.74, 6) is 1.46. The van der Waals surface area contributed by atoms with Crippen molar-refractivity contribution in [1.82, 2.24) is 4.98 Å². The molecular formula is C18H23BrN2O2. The van der Waals surface area contributed by atoms with Crippen molar-refractivity contribution in [2.45, 2.75) is 52.9 Å². The number of aromatic nitrogens is 1. The lowest BCUT2D eigenvalue weighted by atomic mass is 9.97. The molecule has 1 N–H and O–H groups in total. The number of amides is 1. The molecule has 0 saturated heterocycles. The van der Waals surface area contributed by atoms with Crippen LogP contribution in [-0.4, -0.2) is 10.9 Å².